The Morgan fingerprint density at radius 2 is 1.13 bits per heavy atom. The fourth-order valence-electron chi connectivity index (χ4n) is 6.61. The van der Waals surface area contributed by atoms with Crippen molar-refractivity contribution in [3.05, 3.63) is 36.5 Å². The minimum atomic E-state index is -1.57. The summed E-state index contributed by atoms with van der Waals surface area (Å²) in [5, 5.41) is 53.9. The van der Waals surface area contributed by atoms with Crippen molar-refractivity contribution in [3.8, 4) is 0 Å². The highest BCUT2D eigenvalue weighted by Crippen LogP contribution is 2.22. The van der Waals surface area contributed by atoms with Crippen molar-refractivity contribution < 1.29 is 39.8 Å². The number of carbonyl (C=O) groups excluding carboxylic acids is 1. The predicted molar refractivity (Wildman–Crippen MR) is 212 cm³/mol. The van der Waals surface area contributed by atoms with Crippen LogP contribution >= 0.6 is 0 Å². The maximum atomic E-state index is 12.9. The second kappa shape index (κ2) is 33.9. The van der Waals surface area contributed by atoms with E-state index in [0.29, 0.717) is 6.42 Å². The summed E-state index contributed by atoms with van der Waals surface area (Å²) in [5.41, 5.74) is 0. The van der Waals surface area contributed by atoms with Gasteiger partial charge in [-0.2, -0.15) is 0 Å². The molecule has 1 heterocycles. The number of ether oxygens (including phenoxy) is 2. The van der Waals surface area contributed by atoms with Crippen molar-refractivity contribution in [1.82, 2.24) is 5.32 Å². The van der Waals surface area contributed by atoms with E-state index in [1.165, 1.54) is 109 Å². The van der Waals surface area contributed by atoms with Gasteiger partial charge in [-0.25, -0.2) is 0 Å². The van der Waals surface area contributed by atoms with Crippen molar-refractivity contribution in [3.63, 3.8) is 0 Å². The summed E-state index contributed by atoms with van der Waals surface area (Å²) >= 11 is 0. The zero-order valence-electron chi connectivity index (χ0n) is 33.1. The lowest BCUT2D eigenvalue weighted by atomic mass is 9.99. The zero-order chi connectivity index (χ0) is 38.1. The van der Waals surface area contributed by atoms with Gasteiger partial charge in [-0.1, -0.05) is 165 Å². The largest absolute Gasteiger partial charge is 0.394 e. The van der Waals surface area contributed by atoms with Crippen LogP contribution in [0.5, 0.6) is 0 Å². The van der Waals surface area contributed by atoms with E-state index in [1.54, 1.807) is 6.08 Å². The third-order valence-electron chi connectivity index (χ3n) is 10.0. The first kappa shape index (κ1) is 48.4. The number of unbranched alkanes of at least 4 members (excludes halogenated alkanes) is 21. The lowest BCUT2D eigenvalue weighted by molar-refractivity contribution is -0.302. The molecule has 1 rings (SSSR count). The Labute approximate surface area is 317 Å². The van der Waals surface area contributed by atoms with Crippen molar-refractivity contribution in [1.29, 1.82) is 0 Å². The average molecular weight is 738 g/mol. The molecule has 0 bridgehead atoms. The van der Waals surface area contributed by atoms with Crippen LogP contribution < -0.4 is 5.32 Å². The van der Waals surface area contributed by atoms with Gasteiger partial charge in [0.2, 0.25) is 5.91 Å². The van der Waals surface area contributed by atoms with Crippen LogP contribution in [0.1, 0.15) is 174 Å². The zero-order valence-corrected chi connectivity index (χ0v) is 33.1. The minimum Gasteiger partial charge on any atom is -0.394 e. The molecule has 6 N–H and O–H groups in total. The van der Waals surface area contributed by atoms with Crippen LogP contribution in [0.2, 0.25) is 0 Å². The summed E-state index contributed by atoms with van der Waals surface area (Å²) in [6.07, 6.45) is 33.6. The number of aliphatic hydroxyl groups excluding tert-OH is 5. The van der Waals surface area contributed by atoms with Crippen molar-refractivity contribution in [2.24, 2.45) is 0 Å². The SMILES string of the molecule is C/C=C/CC/C=C/CC/C=C/C(O)C(COC1OC(CO)C(O)C(O)C1O)NC(=O)CCCCCCCCCCCCCCCCCCCCCC. The van der Waals surface area contributed by atoms with Gasteiger partial charge in [0.15, 0.2) is 6.29 Å². The summed E-state index contributed by atoms with van der Waals surface area (Å²) in [6, 6.07) is -0.822. The van der Waals surface area contributed by atoms with Crippen molar-refractivity contribution in [2.75, 3.05) is 13.2 Å². The Balaban J connectivity index is 2.30. The second-order valence-electron chi connectivity index (χ2n) is 14.8. The molecule has 7 unspecified atom stereocenters. The summed E-state index contributed by atoms with van der Waals surface area (Å²) in [7, 11) is 0. The van der Waals surface area contributed by atoms with E-state index >= 15 is 0 Å². The molecule has 1 amide bonds. The highest BCUT2D eigenvalue weighted by atomic mass is 16.7. The van der Waals surface area contributed by atoms with Gasteiger partial charge in [0, 0.05) is 6.42 Å². The van der Waals surface area contributed by atoms with E-state index in [2.05, 4.69) is 30.5 Å². The molecule has 52 heavy (non-hydrogen) atoms. The number of amides is 1. The molecular formula is C43H79NO8. The Morgan fingerprint density at radius 1 is 0.673 bits per heavy atom. The predicted octanol–water partition coefficient (Wildman–Crippen LogP) is 8.11. The number of aliphatic hydroxyl groups is 5. The third-order valence-corrected chi connectivity index (χ3v) is 10.0. The van der Waals surface area contributed by atoms with Crippen LogP contribution in [-0.4, -0.2) is 87.5 Å². The Kier molecular flexibility index (Phi) is 31.6. The number of nitrogens with one attached hydrogen (secondary N) is 1. The van der Waals surface area contributed by atoms with Crippen LogP contribution in [0.3, 0.4) is 0 Å². The van der Waals surface area contributed by atoms with Crippen LogP contribution in [0.25, 0.3) is 0 Å². The van der Waals surface area contributed by atoms with E-state index in [0.717, 1.165) is 44.9 Å². The molecule has 0 saturated carbocycles. The quantitative estimate of drug-likeness (QED) is 0.0287. The molecule has 0 aromatic rings. The average Bonchev–Trinajstić information content (AvgIpc) is 3.14. The van der Waals surface area contributed by atoms with Crippen LogP contribution in [0.4, 0.5) is 0 Å². The topological polar surface area (TPSA) is 149 Å². The first-order valence-electron chi connectivity index (χ1n) is 21.2. The van der Waals surface area contributed by atoms with Gasteiger partial charge in [-0.15, -0.1) is 0 Å². The molecule has 0 spiro atoms. The summed E-state index contributed by atoms with van der Waals surface area (Å²) in [4.78, 5) is 12.9. The highest BCUT2D eigenvalue weighted by Gasteiger charge is 2.44. The lowest BCUT2D eigenvalue weighted by Crippen LogP contribution is -2.60. The maximum Gasteiger partial charge on any atom is 0.220 e. The number of carbonyl (C=O) groups is 1. The molecule has 1 aliphatic rings. The molecule has 0 aliphatic carbocycles. The standard InChI is InChI=1S/C43H79NO8/c1-3-5-7-9-11-13-14-15-16-17-18-19-20-21-22-23-25-27-29-31-33-39(47)44-36(37(46)32-30-28-26-24-12-10-8-6-4-2)35-51-43-42(50)41(49)40(48)38(34-45)52-43/h4,6,12,24,30,32,36-38,40-43,45-46,48-50H,3,5,7-11,13-23,25-29,31,33-35H2,1-2H3,(H,44,47)/b6-4+,24-12+,32-30+. The van der Waals surface area contributed by atoms with Crippen LogP contribution in [0, 0.1) is 0 Å². The molecule has 1 fully saturated rings. The van der Waals surface area contributed by atoms with E-state index < -0.39 is 49.5 Å². The Hall–Kier alpha value is -1.59. The summed E-state index contributed by atoms with van der Waals surface area (Å²) in [6.45, 7) is 3.51. The fraction of sp³-hybridized carbons (Fsp3) is 0.837. The van der Waals surface area contributed by atoms with Gasteiger partial charge < -0.3 is 40.3 Å². The van der Waals surface area contributed by atoms with Gasteiger partial charge >= 0.3 is 0 Å². The summed E-state index contributed by atoms with van der Waals surface area (Å²) in [5.74, 6) is -0.193. The monoisotopic (exact) mass is 738 g/mol. The Morgan fingerprint density at radius 3 is 1.62 bits per heavy atom. The highest BCUT2D eigenvalue weighted by molar-refractivity contribution is 5.76. The van der Waals surface area contributed by atoms with E-state index in [-0.39, 0.29) is 12.5 Å². The van der Waals surface area contributed by atoms with Gasteiger partial charge in [0.05, 0.1) is 25.4 Å². The third kappa shape index (κ3) is 24.7. The first-order chi connectivity index (χ1) is 25.3. The fourth-order valence-corrected chi connectivity index (χ4v) is 6.61. The molecule has 9 nitrogen and oxygen atoms in total. The number of rotatable bonds is 34. The molecule has 7 atom stereocenters. The number of hydrogen-bond donors (Lipinski definition) is 6. The molecule has 0 aromatic carbocycles. The van der Waals surface area contributed by atoms with Gasteiger partial charge in [-0.05, 0) is 39.0 Å². The molecule has 304 valence electrons. The molecule has 0 radical (unpaired) electrons. The normalized spacial score (nSPS) is 22.2. The molecular weight excluding hydrogens is 658 g/mol. The van der Waals surface area contributed by atoms with Gasteiger partial charge in [-0.3, -0.25) is 4.79 Å². The molecule has 1 aliphatic heterocycles. The minimum absolute atomic E-state index is 0.193. The van der Waals surface area contributed by atoms with Crippen molar-refractivity contribution >= 4 is 5.91 Å². The van der Waals surface area contributed by atoms with E-state index in [1.807, 2.05) is 19.1 Å². The number of allylic oxidation sites excluding steroid dienone is 5. The summed E-state index contributed by atoms with van der Waals surface area (Å²) < 4.78 is 11.1. The second-order valence-corrected chi connectivity index (χ2v) is 14.8. The van der Waals surface area contributed by atoms with Gasteiger partial charge in [0.1, 0.15) is 24.4 Å². The molecule has 9 heteroatoms. The lowest BCUT2D eigenvalue weighted by Gasteiger charge is -2.40. The van der Waals surface area contributed by atoms with Crippen LogP contribution in [-0.2, 0) is 14.3 Å². The van der Waals surface area contributed by atoms with Crippen LogP contribution in [0.15, 0.2) is 36.5 Å². The molecule has 0 aromatic heterocycles. The van der Waals surface area contributed by atoms with E-state index in [9.17, 15) is 30.3 Å². The van der Waals surface area contributed by atoms with Gasteiger partial charge in [0.25, 0.3) is 0 Å². The Bertz CT molecular complexity index is 910. The number of hydrogen-bond acceptors (Lipinski definition) is 8. The first-order valence-corrected chi connectivity index (χ1v) is 21.2. The smallest absolute Gasteiger partial charge is 0.220 e. The van der Waals surface area contributed by atoms with Crippen molar-refractivity contribution in [2.45, 2.75) is 217 Å². The maximum absolute atomic E-state index is 12.9. The van der Waals surface area contributed by atoms with E-state index in [4.69, 9.17) is 9.47 Å². The molecule has 1 saturated heterocycles.